The van der Waals surface area contributed by atoms with E-state index in [2.05, 4.69) is 22.2 Å². The fourth-order valence-electron chi connectivity index (χ4n) is 3.13. The van der Waals surface area contributed by atoms with Gasteiger partial charge in [0.05, 0.1) is 5.69 Å². The summed E-state index contributed by atoms with van der Waals surface area (Å²) in [4.78, 5) is 39.5. The van der Waals surface area contributed by atoms with Crippen molar-refractivity contribution in [3.05, 3.63) is 86.9 Å². The van der Waals surface area contributed by atoms with Crippen LogP contribution in [0.5, 0.6) is 0 Å². The molecule has 0 spiro atoms. The maximum Gasteiger partial charge on any atom is 0.351 e. The topological polar surface area (TPSA) is 89.2 Å². The van der Waals surface area contributed by atoms with Gasteiger partial charge in [-0.2, -0.15) is 9.78 Å². The van der Waals surface area contributed by atoms with Gasteiger partial charge in [-0.3, -0.25) is 14.2 Å². The lowest BCUT2D eigenvalue weighted by atomic mass is 10.2. The largest absolute Gasteiger partial charge is 0.372 e. The van der Waals surface area contributed by atoms with Crippen molar-refractivity contribution in [1.82, 2.24) is 19.7 Å². The monoisotopic (exact) mass is 425 g/mol. The standard InChI is InChI=1S/C22H24FN5O3/c1-3-27(17-8-5-4-6-9-17)15-7-14-24-20(29)19-21(30)26(2)22(31)28(25-19)18-12-10-16(23)11-13-18/h4-6,8-13H,3,7,14-15H2,1-2H3,(H,24,29). The van der Waals surface area contributed by atoms with Gasteiger partial charge in [-0.1, -0.05) is 18.2 Å². The number of carbonyl (C=O) groups excluding carboxylic acids is 1. The molecule has 0 saturated carbocycles. The molecule has 9 heteroatoms. The van der Waals surface area contributed by atoms with Crippen LogP contribution in [-0.4, -0.2) is 39.9 Å². The van der Waals surface area contributed by atoms with Crippen LogP contribution in [-0.2, 0) is 7.05 Å². The number of anilines is 1. The fraction of sp³-hybridized carbons (Fsp3) is 0.273. The molecule has 162 valence electrons. The Morgan fingerprint density at radius 1 is 1.10 bits per heavy atom. The van der Waals surface area contributed by atoms with Gasteiger partial charge in [-0.25, -0.2) is 9.18 Å². The maximum absolute atomic E-state index is 13.2. The molecule has 0 radical (unpaired) electrons. The van der Waals surface area contributed by atoms with Crippen LogP contribution in [0, 0.1) is 5.82 Å². The number of benzene rings is 2. The first-order valence-corrected chi connectivity index (χ1v) is 9.97. The molecule has 0 aliphatic rings. The molecular formula is C22H24FN5O3. The Hall–Kier alpha value is -3.75. The average Bonchev–Trinajstić information content (AvgIpc) is 2.79. The van der Waals surface area contributed by atoms with Crippen LogP contribution in [0.1, 0.15) is 23.8 Å². The zero-order chi connectivity index (χ0) is 22.4. The summed E-state index contributed by atoms with van der Waals surface area (Å²) < 4.78 is 14.9. The molecule has 0 atom stereocenters. The molecule has 3 aromatic rings. The van der Waals surface area contributed by atoms with Crippen LogP contribution in [0.4, 0.5) is 10.1 Å². The van der Waals surface area contributed by atoms with Crippen LogP contribution in [0.2, 0.25) is 0 Å². The van der Waals surface area contributed by atoms with Crippen molar-refractivity contribution in [1.29, 1.82) is 0 Å². The van der Waals surface area contributed by atoms with Gasteiger partial charge < -0.3 is 10.2 Å². The van der Waals surface area contributed by atoms with Gasteiger partial charge in [0.2, 0.25) is 5.69 Å². The van der Waals surface area contributed by atoms with Crippen molar-refractivity contribution >= 4 is 11.6 Å². The Balaban J connectivity index is 1.71. The maximum atomic E-state index is 13.2. The Kier molecular flexibility index (Phi) is 6.96. The summed E-state index contributed by atoms with van der Waals surface area (Å²) in [6, 6.07) is 15.0. The molecule has 0 fully saturated rings. The second-order valence-corrected chi connectivity index (χ2v) is 6.91. The number of carbonyl (C=O) groups is 1. The summed E-state index contributed by atoms with van der Waals surface area (Å²) in [6.45, 7) is 3.94. The van der Waals surface area contributed by atoms with Crippen molar-refractivity contribution in [2.24, 2.45) is 7.05 Å². The predicted octanol–water partition coefficient (Wildman–Crippen LogP) is 1.72. The average molecular weight is 425 g/mol. The SMILES string of the molecule is CCN(CCCNC(=O)c1nn(-c2ccc(F)cc2)c(=O)n(C)c1=O)c1ccccc1. The molecule has 1 heterocycles. The molecule has 31 heavy (non-hydrogen) atoms. The third kappa shape index (κ3) is 5.06. The molecule has 1 amide bonds. The smallest absolute Gasteiger partial charge is 0.351 e. The van der Waals surface area contributed by atoms with E-state index in [0.717, 1.165) is 28.0 Å². The predicted molar refractivity (Wildman–Crippen MR) is 116 cm³/mol. The number of aromatic nitrogens is 3. The van der Waals surface area contributed by atoms with Gasteiger partial charge >= 0.3 is 5.69 Å². The van der Waals surface area contributed by atoms with Gasteiger partial charge in [-0.15, -0.1) is 0 Å². The zero-order valence-corrected chi connectivity index (χ0v) is 17.4. The molecule has 3 rings (SSSR count). The van der Waals surface area contributed by atoms with E-state index < -0.39 is 28.7 Å². The fourth-order valence-corrected chi connectivity index (χ4v) is 3.13. The number of hydrogen-bond acceptors (Lipinski definition) is 5. The van der Waals surface area contributed by atoms with E-state index in [1.807, 2.05) is 30.3 Å². The van der Waals surface area contributed by atoms with Crippen LogP contribution in [0.3, 0.4) is 0 Å². The lowest BCUT2D eigenvalue weighted by Gasteiger charge is -2.23. The first-order valence-electron chi connectivity index (χ1n) is 9.97. The summed E-state index contributed by atoms with van der Waals surface area (Å²) in [5.74, 6) is -1.14. The number of para-hydroxylation sites is 1. The summed E-state index contributed by atoms with van der Waals surface area (Å²) in [7, 11) is 1.27. The molecule has 0 unspecified atom stereocenters. The van der Waals surface area contributed by atoms with Gasteiger partial charge in [0.15, 0.2) is 0 Å². The number of nitrogens with zero attached hydrogens (tertiary/aromatic N) is 4. The minimum absolute atomic E-state index is 0.248. The van der Waals surface area contributed by atoms with Gasteiger partial charge in [0.25, 0.3) is 11.5 Å². The van der Waals surface area contributed by atoms with E-state index in [1.54, 1.807) is 0 Å². The van der Waals surface area contributed by atoms with E-state index in [9.17, 15) is 18.8 Å². The Morgan fingerprint density at radius 2 is 1.77 bits per heavy atom. The lowest BCUT2D eigenvalue weighted by Crippen LogP contribution is -2.44. The van der Waals surface area contributed by atoms with E-state index in [-0.39, 0.29) is 5.69 Å². The number of amides is 1. The Morgan fingerprint density at radius 3 is 2.42 bits per heavy atom. The number of rotatable bonds is 8. The van der Waals surface area contributed by atoms with Crippen LogP contribution >= 0.6 is 0 Å². The first-order chi connectivity index (χ1) is 14.9. The minimum atomic E-state index is -0.791. The highest BCUT2D eigenvalue weighted by atomic mass is 19.1. The van der Waals surface area contributed by atoms with E-state index in [1.165, 1.54) is 31.3 Å². The number of halogens is 1. The Labute approximate surface area is 178 Å². The molecule has 0 bridgehead atoms. The molecule has 0 aliphatic heterocycles. The highest BCUT2D eigenvalue weighted by Gasteiger charge is 2.18. The second kappa shape index (κ2) is 9.84. The minimum Gasteiger partial charge on any atom is -0.372 e. The van der Waals surface area contributed by atoms with E-state index in [0.29, 0.717) is 13.0 Å². The van der Waals surface area contributed by atoms with Crippen molar-refractivity contribution in [2.75, 3.05) is 24.5 Å². The van der Waals surface area contributed by atoms with Crippen molar-refractivity contribution in [3.8, 4) is 5.69 Å². The number of nitrogens with one attached hydrogen (secondary N) is 1. The quantitative estimate of drug-likeness (QED) is 0.555. The normalized spacial score (nSPS) is 10.7. The summed E-state index contributed by atoms with van der Waals surface area (Å²) in [6.07, 6.45) is 0.659. The van der Waals surface area contributed by atoms with Crippen molar-refractivity contribution in [3.63, 3.8) is 0 Å². The third-order valence-electron chi connectivity index (χ3n) is 4.86. The third-order valence-corrected chi connectivity index (χ3v) is 4.86. The molecule has 0 saturated heterocycles. The second-order valence-electron chi connectivity index (χ2n) is 6.91. The van der Waals surface area contributed by atoms with E-state index in [4.69, 9.17) is 0 Å². The van der Waals surface area contributed by atoms with Gasteiger partial charge in [-0.05, 0) is 49.7 Å². The molecule has 2 aromatic carbocycles. The van der Waals surface area contributed by atoms with Crippen LogP contribution in [0.25, 0.3) is 5.69 Å². The molecule has 1 aromatic heterocycles. The van der Waals surface area contributed by atoms with Gasteiger partial charge in [0, 0.05) is 32.4 Å². The Bertz CT molecular complexity index is 1160. The molecular weight excluding hydrogens is 401 g/mol. The molecule has 0 aliphatic carbocycles. The summed E-state index contributed by atoms with van der Waals surface area (Å²) in [5, 5.41) is 6.62. The van der Waals surface area contributed by atoms with Crippen molar-refractivity contribution < 1.29 is 9.18 Å². The van der Waals surface area contributed by atoms with Crippen LogP contribution in [0.15, 0.2) is 64.2 Å². The molecule has 1 N–H and O–H groups in total. The number of hydrogen-bond donors (Lipinski definition) is 1. The highest BCUT2D eigenvalue weighted by Crippen LogP contribution is 2.12. The lowest BCUT2D eigenvalue weighted by molar-refractivity contribution is 0.0943. The van der Waals surface area contributed by atoms with Gasteiger partial charge in [0.1, 0.15) is 5.82 Å². The first kappa shape index (κ1) is 21.9. The highest BCUT2D eigenvalue weighted by molar-refractivity contribution is 5.91. The summed E-state index contributed by atoms with van der Waals surface area (Å²) in [5.41, 5.74) is -0.576. The molecule has 8 nitrogen and oxygen atoms in total. The summed E-state index contributed by atoms with van der Waals surface area (Å²) >= 11 is 0. The van der Waals surface area contributed by atoms with Crippen LogP contribution < -0.4 is 21.5 Å². The van der Waals surface area contributed by atoms with Crippen molar-refractivity contribution in [2.45, 2.75) is 13.3 Å². The zero-order valence-electron chi connectivity index (χ0n) is 17.4. The van der Waals surface area contributed by atoms with E-state index >= 15 is 0 Å².